The summed E-state index contributed by atoms with van der Waals surface area (Å²) >= 11 is 0. The van der Waals surface area contributed by atoms with Crippen molar-refractivity contribution in [3.8, 4) is 0 Å². The summed E-state index contributed by atoms with van der Waals surface area (Å²) in [6, 6.07) is 9.41. The molecule has 126 valence electrons. The number of carbonyl (C=O) groups excluding carboxylic acids is 1. The molecule has 1 aromatic rings. The molecule has 0 fully saturated rings. The Morgan fingerprint density at radius 3 is 2.27 bits per heavy atom. The highest BCUT2D eigenvalue weighted by molar-refractivity contribution is 5.85. The van der Waals surface area contributed by atoms with Crippen molar-refractivity contribution in [2.24, 2.45) is 5.73 Å². The van der Waals surface area contributed by atoms with E-state index in [4.69, 9.17) is 10.5 Å². The Kier molecular flexibility index (Phi) is 12.9. The number of hydrogen-bond acceptors (Lipinski definition) is 3. The van der Waals surface area contributed by atoms with Crippen LogP contribution >= 0.6 is 12.4 Å². The van der Waals surface area contributed by atoms with Gasteiger partial charge in [-0.05, 0) is 12.0 Å². The van der Waals surface area contributed by atoms with Gasteiger partial charge in [0.15, 0.2) is 0 Å². The van der Waals surface area contributed by atoms with Gasteiger partial charge in [-0.3, -0.25) is 4.79 Å². The number of esters is 1. The number of halogens is 1. The fourth-order valence-corrected chi connectivity index (χ4v) is 2.30. The molecule has 0 saturated carbocycles. The summed E-state index contributed by atoms with van der Waals surface area (Å²) in [6.07, 6.45) is 8.80. The minimum atomic E-state index is -0.271. The van der Waals surface area contributed by atoms with E-state index in [9.17, 15) is 4.79 Å². The first-order valence-electron chi connectivity index (χ1n) is 8.20. The summed E-state index contributed by atoms with van der Waals surface area (Å²) in [5.74, 6) is -0.197. The lowest BCUT2D eigenvalue weighted by molar-refractivity contribution is -0.144. The fourth-order valence-electron chi connectivity index (χ4n) is 2.30. The molecule has 0 heterocycles. The Hall–Kier alpha value is -1.06. The monoisotopic (exact) mass is 327 g/mol. The normalized spacial score (nSPS) is 11.5. The van der Waals surface area contributed by atoms with Crippen molar-refractivity contribution in [1.29, 1.82) is 0 Å². The van der Waals surface area contributed by atoms with Gasteiger partial charge in [-0.15, -0.1) is 12.4 Å². The Morgan fingerprint density at radius 2 is 1.64 bits per heavy atom. The minimum absolute atomic E-state index is 0. The predicted octanol–water partition coefficient (Wildman–Crippen LogP) is 4.79. The summed E-state index contributed by atoms with van der Waals surface area (Å²) in [5.41, 5.74) is 6.97. The molecule has 0 saturated heterocycles. The van der Waals surface area contributed by atoms with Gasteiger partial charge in [0.05, 0.1) is 13.0 Å². The van der Waals surface area contributed by atoms with Crippen molar-refractivity contribution < 1.29 is 9.53 Å². The zero-order valence-corrected chi connectivity index (χ0v) is 14.4. The molecule has 0 spiro atoms. The third kappa shape index (κ3) is 9.80. The van der Waals surface area contributed by atoms with Crippen molar-refractivity contribution >= 4 is 18.4 Å². The van der Waals surface area contributed by atoms with Gasteiger partial charge in [0, 0.05) is 6.04 Å². The zero-order valence-electron chi connectivity index (χ0n) is 13.6. The summed E-state index contributed by atoms with van der Waals surface area (Å²) in [6.45, 7) is 2.74. The van der Waals surface area contributed by atoms with Gasteiger partial charge in [-0.1, -0.05) is 75.8 Å². The molecular formula is C18H30ClNO2. The zero-order chi connectivity index (χ0) is 15.3. The van der Waals surface area contributed by atoms with E-state index in [0.29, 0.717) is 6.61 Å². The van der Waals surface area contributed by atoms with Gasteiger partial charge in [-0.25, -0.2) is 0 Å². The number of benzene rings is 1. The van der Waals surface area contributed by atoms with Gasteiger partial charge in [0.2, 0.25) is 0 Å². The Labute approximate surface area is 141 Å². The van der Waals surface area contributed by atoms with Crippen molar-refractivity contribution in [2.75, 3.05) is 6.61 Å². The number of nitrogens with two attached hydrogens (primary N) is 1. The van der Waals surface area contributed by atoms with Gasteiger partial charge < -0.3 is 10.5 Å². The van der Waals surface area contributed by atoms with Gasteiger partial charge >= 0.3 is 5.97 Å². The summed E-state index contributed by atoms with van der Waals surface area (Å²) in [4.78, 5) is 11.7. The van der Waals surface area contributed by atoms with E-state index in [2.05, 4.69) is 6.92 Å². The maximum absolute atomic E-state index is 11.7. The maximum Gasteiger partial charge on any atom is 0.307 e. The van der Waals surface area contributed by atoms with Crippen LogP contribution in [-0.4, -0.2) is 12.6 Å². The predicted molar refractivity (Wildman–Crippen MR) is 94.2 cm³/mol. The molecule has 0 aliphatic heterocycles. The second-order valence-corrected chi connectivity index (χ2v) is 5.56. The summed E-state index contributed by atoms with van der Waals surface area (Å²) < 4.78 is 5.24. The highest BCUT2D eigenvalue weighted by atomic mass is 35.5. The molecule has 2 N–H and O–H groups in total. The first-order valence-corrected chi connectivity index (χ1v) is 8.20. The number of rotatable bonds is 11. The first kappa shape index (κ1) is 20.9. The topological polar surface area (TPSA) is 52.3 Å². The van der Waals surface area contributed by atoms with E-state index >= 15 is 0 Å². The maximum atomic E-state index is 11.7. The second kappa shape index (κ2) is 13.6. The largest absolute Gasteiger partial charge is 0.466 e. The van der Waals surface area contributed by atoms with Crippen LogP contribution in [0.2, 0.25) is 0 Å². The molecule has 3 nitrogen and oxygen atoms in total. The van der Waals surface area contributed by atoms with E-state index in [-0.39, 0.29) is 30.8 Å². The molecule has 0 aromatic heterocycles. The van der Waals surface area contributed by atoms with Crippen LogP contribution in [0.3, 0.4) is 0 Å². The molecule has 0 bridgehead atoms. The molecule has 0 aliphatic rings. The lowest BCUT2D eigenvalue weighted by atomic mass is 10.1. The standard InChI is InChI=1S/C18H29NO2.ClH/c1-2-3-4-5-6-7-11-14-21-18(20)15-17(19)16-12-9-8-10-13-16;/h8-10,12-13,17H,2-7,11,14-15,19H2,1H3;1H. The van der Waals surface area contributed by atoms with E-state index in [0.717, 1.165) is 18.4 Å². The molecule has 0 radical (unpaired) electrons. The van der Waals surface area contributed by atoms with E-state index in [1.165, 1.54) is 32.1 Å². The molecule has 22 heavy (non-hydrogen) atoms. The quantitative estimate of drug-likeness (QED) is 0.469. The molecule has 4 heteroatoms. The molecule has 0 amide bonds. The highest BCUT2D eigenvalue weighted by Gasteiger charge is 2.12. The highest BCUT2D eigenvalue weighted by Crippen LogP contribution is 2.14. The SMILES string of the molecule is CCCCCCCCCOC(=O)CC(N)c1ccccc1.Cl. The van der Waals surface area contributed by atoms with E-state index in [1.54, 1.807) is 0 Å². The Bertz CT molecular complexity index is 384. The van der Waals surface area contributed by atoms with Crippen LogP contribution in [0, 0.1) is 0 Å². The van der Waals surface area contributed by atoms with Crippen molar-refractivity contribution in [1.82, 2.24) is 0 Å². The summed E-state index contributed by atoms with van der Waals surface area (Å²) in [5, 5.41) is 0. The number of unbranched alkanes of at least 4 members (excludes halogenated alkanes) is 6. The van der Waals surface area contributed by atoms with Crippen molar-refractivity contribution in [3.05, 3.63) is 35.9 Å². The molecule has 1 atom stereocenters. The first-order chi connectivity index (χ1) is 10.2. The van der Waals surface area contributed by atoms with Crippen LogP contribution < -0.4 is 5.73 Å². The Morgan fingerprint density at radius 1 is 1.05 bits per heavy atom. The molecule has 1 rings (SSSR count). The smallest absolute Gasteiger partial charge is 0.307 e. The minimum Gasteiger partial charge on any atom is -0.466 e. The van der Waals surface area contributed by atoms with Gasteiger partial charge in [0.25, 0.3) is 0 Å². The average Bonchev–Trinajstić information content (AvgIpc) is 2.50. The van der Waals surface area contributed by atoms with Crippen LogP contribution in [0.5, 0.6) is 0 Å². The lowest BCUT2D eigenvalue weighted by Crippen LogP contribution is -2.17. The van der Waals surface area contributed by atoms with E-state index < -0.39 is 0 Å². The third-order valence-corrected chi connectivity index (χ3v) is 3.63. The van der Waals surface area contributed by atoms with Crippen LogP contribution in [-0.2, 0) is 9.53 Å². The second-order valence-electron chi connectivity index (χ2n) is 5.56. The summed E-state index contributed by atoms with van der Waals surface area (Å²) in [7, 11) is 0. The molecular weight excluding hydrogens is 298 g/mol. The number of carbonyl (C=O) groups is 1. The van der Waals surface area contributed by atoms with Crippen LogP contribution in [0.15, 0.2) is 30.3 Å². The van der Waals surface area contributed by atoms with Crippen molar-refractivity contribution in [3.63, 3.8) is 0 Å². The number of ether oxygens (including phenoxy) is 1. The van der Waals surface area contributed by atoms with Crippen LogP contribution in [0.25, 0.3) is 0 Å². The third-order valence-electron chi connectivity index (χ3n) is 3.63. The average molecular weight is 328 g/mol. The van der Waals surface area contributed by atoms with E-state index in [1.807, 2.05) is 30.3 Å². The Balaban J connectivity index is 0.00000441. The molecule has 1 unspecified atom stereocenters. The fraction of sp³-hybridized carbons (Fsp3) is 0.611. The van der Waals surface area contributed by atoms with Gasteiger partial charge in [-0.2, -0.15) is 0 Å². The lowest BCUT2D eigenvalue weighted by Gasteiger charge is -2.11. The molecule has 1 aromatic carbocycles. The molecule has 0 aliphatic carbocycles. The van der Waals surface area contributed by atoms with Crippen LogP contribution in [0.4, 0.5) is 0 Å². The number of hydrogen-bond donors (Lipinski definition) is 1. The van der Waals surface area contributed by atoms with Crippen molar-refractivity contribution in [2.45, 2.75) is 64.3 Å². The van der Waals surface area contributed by atoms with Crippen LogP contribution in [0.1, 0.15) is 69.9 Å². The van der Waals surface area contributed by atoms with Gasteiger partial charge in [0.1, 0.15) is 0 Å².